The van der Waals surface area contributed by atoms with E-state index in [0.717, 1.165) is 5.82 Å². The molecule has 0 bridgehead atoms. The lowest BCUT2D eigenvalue weighted by Gasteiger charge is -2.11. The highest BCUT2D eigenvalue weighted by Crippen LogP contribution is 2.19. The van der Waals surface area contributed by atoms with Crippen molar-refractivity contribution in [3.63, 3.8) is 0 Å². The fourth-order valence-electron chi connectivity index (χ4n) is 1.95. The third-order valence-corrected chi connectivity index (χ3v) is 3.00. The van der Waals surface area contributed by atoms with E-state index in [0.29, 0.717) is 24.7 Å². The molecule has 0 fully saturated rings. The Hall–Kier alpha value is -2.21. The van der Waals surface area contributed by atoms with E-state index in [1.807, 2.05) is 16.8 Å². The van der Waals surface area contributed by atoms with E-state index in [1.165, 1.54) is 6.07 Å². The van der Waals surface area contributed by atoms with Crippen molar-refractivity contribution in [3.8, 4) is 0 Å². The molecule has 2 aromatic rings. The molecular weight excluding hydrogens is 256 g/mol. The van der Waals surface area contributed by atoms with E-state index in [2.05, 4.69) is 24.1 Å². The monoisotopic (exact) mass is 274 g/mol. The van der Waals surface area contributed by atoms with Gasteiger partial charge in [0.25, 0.3) is 5.69 Å². The van der Waals surface area contributed by atoms with Crippen molar-refractivity contribution < 1.29 is 4.92 Å². The molecule has 0 atom stereocenters. The number of nitrogens with zero attached hydrogens (tertiary/aromatic N) is 3. The lowest BCUT2D eigenvalue weighted by molar-refractivity contribution is -0.385. The molecule has 0 radical (unpaired) electrons. The lowest BCUT2D eigenvalue weighted by atomic mass is 10.2. The Kier molecular flexibility index (Phi) is 4.47. The largest absolute Gasteiger partial charge is 0.329 e. The maximum atomic E-state index is 11.0. The molecule has 6 nitrogen and oxygen atoms in total. The fraction of sp³-hybridized carbons (Fsp3) is 0.357. The summed E-state index contributed by atoms with van der Waals surface area (Å²) in [5.74, 6) is 0.872. The highest BCUT2D eigenvalue weighted by atomic mass is 16.6. The Morgan fingerprint density at radius 2 is 2.15 bits per heavy atom. The molecular formula is C14H18N4O2. The molecule has 0 spiro atoms. The third-order valence-electron chi connectivity index (χ3n) is 3.00. The van der Waals surface area contributed by atoms with Gasteiger partial charge in [-0.05, 0) is 0 Å². The number of nitro groups is 1. The van der Waals surface area contributed by atoms with E-state index in [4.69, 9.17) is 0 Å². The van der Waals surface area contributed by atoms with Gasteiger partial charge in [-0.25, -0.2) is 4.98 Å². The topological polar surface area (TPSA) is 73.0 Å². The van der Waals surface area contributed by atoms with Gasteiger partial charge in [0.15, 0.2) is 0 Å². The Morgan fingerprint density at radius 1 is 1.40 bits per heavy atom. The molecule has 0 aliphatic heterocycles. The van der Waals surface area contributed by atoms with Crippen LogP contribution in [0.2, 0.25) is 0 Å². The number of nitro benzene ring substituents is 1. The van der Waals surface area contributed by atoms with E-state index in [9.17, 15) is 10.1 Å². The summed E-state index contributed by atoms with van der Waals surface area (Å²) >= 11 is 0. The van der Waals surface area contributed by atoms with E-state index in [1.54, 1.807) is 18.3 Å². The molecule has 0 unspecified atom stereocenters. The summed E-state index contributed by atoms with van der Waals surface area (Å²) in [5.41, 5.74) is 0.824. The maximum absolute atomic E-state index is 11.0. The molecule has 1 aromatic heterocycles. The van der Waals surface area contributed by atoms with Crippen LogP contribution in [0.15, 0.2) is 36.7 Å². The first-order valence-corrected chi connectivity index (χ1v) is 6.53. The molecule has 1 heterocycles. The summed E-state index contributed by atoms with van der Waals surface area (Å²) in [6.07, 6.45) is 3.56. The minimum absolute atomic E-state index is 0.143. The van der Waals surface area contributed by atoms with Gasteiger partial charge in [-0.15, -0.1) is 0 Å². The summed E-state index contributed by atoms with van der Waals surface area (Å²) < 4.78 is 1.93. The van der Waals surface area contributed by atoms with Crippen LogP contribution in [0.4, 0.5) is 5.69 Å². The van der Waals surface area contributed by atoms with Gasteiger partial charge >= 0.3 is 0 Å². The summed E-state index contributed by atoms with van der Waals surface area (Å²) in [4.78, 5) is 15.0. The van der Waals surface area contributed by atoms with Crippen molar-refractivity contribution in [3.05, 3.63) is 58.2 Å². The second-order valence-electron chi connectivity index (χ2n) is 4.89. The van der Waals surface area contributed by atoms with Gasteiger partial charge in [0.2, 0.25) is 0 Å². The molecule has 0 saturated heterocycles. The SMILES string of the molecule is CC(C)NCc1nccn1Cc1ccccc1[N+](=O)[O-]. The van der Waals surface area contributed by atoms with Crippen LogP contribution in [0.3, 0.4) is 0 Å². The van der Waals surface area contributed by atoms with E-state index < -0.39 is 0 Å². The van der Waals surface area contributed by atoms with Crippen molar-refractivity contribution >= 4 is 5.69 Å². The second kappa shape index (κ2) is 6.29. The number of para-hydroxylation sites is 1. The second-order valence-corrected chi connectivity index (χ2v) is 4.89. The molecule has 0 amide bonds. The quantitative estimate of drug-likeness (QED) is 0.648. The van der Waals surface area contributed by atoms with Crippen LogP contribution in [0.25, 0.3) is 0 Å². The van der Waals surface area contributed by atoms with Gasteiger partial charge in [-0.1, -0.05) is 32.0 Å². The van der Waals surface area contributed by atoms with Crippen molar-refractivity contribution in [1.29, 1.82) is 0 Å². The number of nitrogens with one attached hydrogen (secondary N) is 1. The van der Waals surface area contributed by atoms with Gasteiger partial charge in [0, 0.05) is 30.1 Å². The number of hydrogen-bond acceptors (Lipinski definition) is 4. The summed E-state index contributed by atoms with van der Waals surface area (Å²) in [6, 6.07) is 7.16. The Labute approximate surface area is 117 Å². The number of benzene rings is 1. The smallest absolute Gasteiger partial charge is 0.274 e. The Bertz CT molecular complexity index is 592. The molecule has 106 valence electrons. The van der Waals surface area contributed by atoms with Gasteiger partial charge in [-0.3, -0.25) is 10.1 Å². The first-order chi connectivity index (χ1) is 9.58. The molecule has 0 saturated carbocycles. The molecule has 1 aromatic carbocycles. The zero-order valence-corrected chi connectivity index (χ0v) is 11.6. The number of hydrogen-bond donors (Lipinski definition) is 1. The zero-order chi connectivity index (χ0) is 14.5. The van der Waals surface area contributed by atoms with E-state index >= 15 is 0 Å². The zero-order valence-electron chi connectivity index (χ0n) is 11.6. The van der Waals surface area contributed by atoms with Crippen molar-refractivity contribution in [2.24, 2.45) is 0 Å². The average Bonchev–Trinajstić information content (AvgIpc) is 2.84. The van der Waals surface area contributed by atoms with Gasteiger partial charge in [-0.2, -0.15) is 0 Å². The predicted molar refractivity (Wildman–Crippen MR) is 76.4 cm³/mol. The Morgan fingerprint density at radius 3 is 2.85 bits per heavy atom. The van der Waals surface area contributed by atoms with Gasteiger partial charge < -0.3 is 9.88 Å². The van der Waals surface area contributed by atoms with Crippen molar-refractivity contribution in [1.82, 2.24) is 14.9 Å². The summed E-state index contributed by atoms with van der Waals surface area (Å²) in [6.45, 7) is 5.22. The highest BCUT2D eigenvalue weighted by molar-refractivity contribution is 5.40. The van der Waals surface area contributed by atoms with Crippen LogP contribution in [0.1, 0.15) is 25.2 Å². The third kappa shape index (κ3) is 3.42. The van der Waals surface area contributed by atoms with E-state index in [-0.39, 0.29) is 10.6 Å². The highest BCUT2D eigenvalue weighted by Gasteiger charge is 2.14. The minimum Gasteiger partial charge on any atom is -0.329 e. The normalized spacial score (nSPS) is 10.9. The Balaban J connectivity index is 2.19. The minimum atomic E-state index is -0.349. The van der Waals surface area contributed by atoms with Crippen molar-refractivity contribution in [2.45, 2.75) is 33.0 Å². The van der Waals surface area contributed by atoms with Crippen LogP contribution >= 0.6 is 0 Å². The first kappa shape index (κ1) is 14.2. The fourth-order valence-corrected chi connectivity index (χ4v) is 1.95. The first-order valence-electron chi connectivity index (χ1n) is 6.53. The van der Waals surface area contributed by atoms with Gasteiger partial charge in [0.05, 0.1) is 18.0 Å². The molecule has 6 heteroatoms. The molecule has 0 aliphatic rings. The van der Waals surface area contributed by atoms with Gasteiger partial charge in [0.1, 0.15) is 5.82 Å². The molecule has 2 rings (SSSR count). The maximum Gasteiger partial charge on any atom is 0.274 e. The lowest BCUT2D eigenvalue weighted by Crippen LogP contribution is -2.24. The van der Waals surface area contributed by atoms with Crippen LogP contribution in [-0.2, 0) is 13.1 Å². The average molecular weight is 274 g/mol. The summed E-state index contributed by atoms with van der Waals surface area (Å²) in [5, 5.41) is 14.3. The predicted octanol–water partition coefficient (Wildman–Crippen LogP) is 2.34. The standard InChI is InChI=1S/C14H18N4O2/c1-11(2)16-9-14-15-7-8-17(14)10-12-5-3-4-6-13(12)18(19)20/h3-8,11,16H,9-10H2,1-2H3. The summed E-state index contributed by atoms with van der Waals surface area (Å²) in [7, 11) is 0. The van der Waals surface area contributed by atoms with Crippen LogP contribution in [0, 0.1) is 10.1 Å². The molecule has 1 N–H and O–H groups in total. The van der Waals surface area contributed by atoms with Crippen LogP contribution < -0.4 is 5.32 Å². The molecule has 0 aliphatic carbocycles. The van der Waals surface area contributed by atoms with Crippen LogP contribution in [0.5, 0.6) is 0 Å². The van der Waals surface area contributed by atoms with Crippen LogP contribution in [-0.4, -0.2) is 20.5 Å². The van der Waals surface area contributed by atoms with Crippen molar-refractivity contribution in [2.75, 3.05) is 0 Å². The number of aromatic nitrogens is 2. The number of rotatable bonds is 6. The molecule has 20 heavy (non-hydrogen) atoms. The number of imidazole rings is 1.